The number of ether oxygens (including phenoxy) is 2. The highest BCUT2D eigenvalue weighted by Gasteiger charge is 2.34. The summed E-state index contributed by atoms with van der Waals surface area (Å²) in [5.74, 6) is 1.30. The van der Waals surface area contributed by atoms with Gasteiger partial charge in [-0.1, -0.05) is 19.1 Å². The Morgan fingerprint density at radius 3 is 2.81 bits per heavy atom. The minimum Gasteiger partial charge on any atom is -0.378 e. The number of benzene rings is 1. The molecule has 0 spiro atoms. The van der Waals surface area contributed by atoms with Gasteiger partial charge in [-0.15, -0.1) is 0 Å². The Bertz CT molecular complexity index is 764. The Morgan fingerprint density at radius 1 is 1.15 bits per heavy atom. The summed E-state index contributed by atoms with van der Waals surface area (Å²) in [4.78, 5) is 2.63. The second-order valence-corrected chi connectivity index (χ2v) is 8.29. The van der Waals surface area contributed by atoms with Gasteiger partial charge in [0.25, 0.3) is 0 Å². The Morgan fingerprint density at radius 2 is 2.08 bits per heavy atom. The van der Waals surface area contributed by atoms with E-state index in [0.717, 1.165) is 26.2 Å². The van der Waals surface area contributed by atoms with E-state index in [1.807, 2.05) is 6.20 Å². The van der Waals surface area contributed by atoms with Gasteiger partial charge in [-0.2, -0.15) is 5.10 Å². The van der Waals surface area contributed by atoms with Crippen molar-refractivity contribution >= 4 is 10.9 Å². The minimum absolute atomic E-state index is 0.106. The maximum absolute atomic E-state index is 5.98. The zero-order valence-corrected chi connectivity index (χ0v) is 15.6. The monoisotopic (exact) mass is 355 g/mol. The van der Waals surface area contributed by atoms with Crippen LogP contribution in [-0.2, 0) is 9.47 Å². The summed E-state index contributed by atoms with van der Waals surface area (Å²) in [5.41, 5.74) is 2.70. The van der Waals surface area contributed by atoms with Gasteiger partial charge in [0.15, 0.2) is 6.23 Å². The molecule has 3 aliphatic rings. The SMILES string of the molecule is C[C@H]1CN(C2COC2)CC[C@@H]1c1ccc2cnn([C@H]3CCCCO3)c2c1. The standard InChI is InChI=1S/C21H29N3O2/c1-15-12-23(18-13-25-14-18)8-7-19(15)16-5-6-17-11-22-24(20(17)10-16)21-4-2-3-9-26-21/h5-6,10-11,15,18-19,21H,2-4,7-9,12-14H2,1H3/t15-,19-,21+/m0/s1. The van der Waals surface area contributed by atoms with Crippen LogP contribution in [-0.4, -0.2) is 53.6 Å². The smallest absolute Gasteiger partial charge is 0.150 e. The van der Waals surface area contributed by atoms with Crippen molar-refractivity contribution in [3.8, 4) is 0 Å². The van der Waals surface area contributed by atoms with Crippen LogP contribution in [0.1, 0.15) is 50.3 Å². The van der Waals surface area contributed by atoms with Crippen LogP contribution in [0, 0.1) is 5.92 Å². The molecule has 4 heterocycles. The molecule has 0 N–H and O–H groups in total. The first-order valence-electron chi connectivity index (χ1n) is 10.2. The lowest BCUT2D eigenvalue weighted by atomic mass is 9.81. The lowest BCUT2D eigenvalue weighted by Crippen LogP contribution is -2.53. The summed E-state index contributed by atoms with van der Waals surface area (Å²) in [6.45, 7) is 7.47. The quantitative estimate of drug-likeness (QED) is 0.844. The molecule has 140 valence electrons. The fourth-order valence-electron chi connectivity index (χ4n) is 4.87. The zero-order chi connectivity index (χ0) is 17.5. The minimum atomic E-state index is 0.106. The largest absolute Gasteiger partial charge is 0.378 e. The molecule has 0 saturated carbocycles. The summed E-state index contributed by atoms with van der Waals surface area (Å²) >= 11 is 0. The van der Waals surface area contributed by atoms with Gasteiger partial charge >= 0.3 is 0 Å². The van der Waals surface area contributed by atoms with Gasteiger partial charge in [-0.3, -0.25) is 4.90 Å². The first-order chi connectivity index (χ1) is 12.8. The van der Waals surface area contributed by atoms with Crippen molar-refractivity contribution < 1.29 is 9.47 Å². The van der Waals surface area contributed by atoms with E-state index in [4.69, 9.17) is 9.47 Å². The molecule has 5 nitrogen and oxygen atoms in total. The Kier molecular flexibility index (Phi) is 4.47. The molecule has 5 heteroatoms. The summed E-state index contributed by atoms with van der Waals surface area (Å²) < 4.78 is 13.5. The third-order valence-electron chi connectivity index (χ3n) is 6.55. The number of hydrogen-bond acceptors (Lipinski definition) is 4. The Balaban J connectivity index is 1.38. The molecule has 0 amide bonds. The van der Waals surface area contributed by atoms with E-state index in [9.17, 15) is 0 Å². The van der Waals surface area contributed by atoms with Crippen molar-refractivity contribution in [1.82, 2.24) is 14.7 Å². The molecule has 5 rings (SSSR count). The number of rotatable bonds is 3. The zero-order valence-electron chi connectivity index (χ0n) is 15.6. The van der Waals surface area contributed by atoms with E-state index in [1.54, 1.807) is 0 Å². The van der Waals surface area contributed by atoms with Gasteiger partial charge in [0.2, 0.25) is 0 Å². The van der Waals surface area contributed by atoms with Crippen LogP contribution >= 0.6 is 0 Å². The van der Waals surface area contributed by atoms with Gasteiger partial charge in [0.1, 0.15) is 0 Å². The molecular formula is C21H29N3O2. The van der Waals surface area contributed by atoms with Crippen molar-refractivity contribution in [2.24, 2.45) is 5.92 Å². The van der Waals surface area contributed by atoms with Crippen molar-refractivity contribution in [1.29, 1.82) is 0 Å². The van der Waals surface area contributed by atoms with Gasteiger partial charge in [0.05, 0.1) is 31.0 Å². The van der Waals surface area contributed by atoms with Gasteiger partial charge < -0.3 is 9.47 Å². The summed E-state index contributed by atoms with van der Waals surface area (Å²) in [5, 5.41) is 5.87. The highest BCUT2D eigenvalue weighted by Crippen LogP contribution is 2.36. The average molecular weight is 355 g/mol. The van der Waals surface area contributed by atoms with Crippen molar-refractivity contribution in [3.05, 3.63) is 30.0 Å². The fourth-order valence-corrected chi connectivity index (χ4v) is 4.87. The third kappa shape index (κ3) is 2.96. The van der Waals surface area contributed by atoms with Crippen LogP contribution in [0.25, 0.3) is 10.9 Å². The highest BCUT2D eigenvalue weighted by molar-refractivity contribution is 5.79. The molecule has 0 unspecified atom stereocenters. The number of nitrogens with zero attached hydrogens (tertiary/aromatic N) is 3. The van der Waals surface area contributed by atoms with Crippen LogP contribution in [0.3, 0.4) is 0 Å². The van der Waals surface area contributed by atoms with E-state index in [0.29, 0.717) is 17.9 Å². The summed E-state index contributed by atoms with van der Waals surface area (Å²) in [6.07, 6.45) is 6.79. The number of piperidine rings is 1. The molecule has 2 aromatic rings. The average Bonchev–Trinajstić information content (AvgIpc) is 3.04. The van der Waals surface area contributed by atoms with Crippen LogP contribution in [0.5, 0.6) is 0 Å². The topological polar surface area (TPSA) is 39.5 Å². The van der Waals surface area contributed by atoms with Crippen molar-refractivity contribution in [2.75, 3.05) is 32.9 Å². The second-order valence-electron chi connectivity index (χ2n) is 8.29. The second kappa shape index (κ2) is 6.95. The van der Waals surface area contributed by atoms with Crippen LogP contribution in [0.15, 0.2) is 24.4 Å². The predicted molar refractivity (Wildman–Crippen MR) is 101 cm³/mol. The first kappa shape index (κ1) is 16.7. The summed E-state index contributed by atoms with van der Waals surface area (Å²) in [6, 6.07) is 7.60. The van der Waals surface area contributed by atoms with Crippen LogP contribution in [0.2, 0.25) is 0 Å². The Hall–Kier alpha value is -1.43. The molecule has 3 fully saturated rings. The van der Waals surface area contributed by atoms with Crippen LogP contribution < -0.4 is 0 Å². The van der Waals surface area contributed by atoms with E-state index < -0.39 is 0 Å². The van der Waals surface area contributed by atoms with E-state index in [2.05, 4.69) is 39.8 Å². The van der Waals surface area contributed by atoms with E-state index >= 15 is 0 Å². The molecule has 1 aromatic heterocycles. The van der Waals surface area contributed by atoms with Crippen LogP contribution in [0.4, 0.5) is 0 Å². The third-order valence-corrected chi connectivity index (χ3v) is 6.55. The maximum atomic E-state index is 5.98. The number of hydrogen-bond donors (Lipinski definition) is 0. The molecule has 0 bridgehead atoms. The first-order valence-corrected chi connectivity index (χ1v) is 10.2. The van der Waals surface area contributed by atoms with Gasteiger partial charge in [-0.25, -0.2) is 4.68 Å². The normalized spacial score (nSPS) is 31.2. The molecule has 0 radical (unpaired) electrons. The molecule has 1 aromatic carbocycles. The summed E-state index contributed by atoms with van der Waals surface area (Å²) in [7, 11) is 0. The van der Waals surface area contributed by atoms with Crippen molar-refractivity contribution in [2.45, 2.75) is 50.8 Å². The molecule has 3 atom stereocenters. The molecule has 3 saturated heterocycles. The maximum Gasteiger partial charge on any atom is 0.150 e. The lowest BCUT2D eigenvalue weighted by Gasteiger charge is -2.44. The van der Waals surface area contributed by atoms with Gasteiger partial charge in [-0.05, 0) is 55.7 Å². The number of likely N-dealkylation sites (tertiary alicyclic amines) is 1. The Labute approximate surface area is 155 Å². The molecule has 3 aliphatic heterocycles. The fraction of sp³-hybridized carbons (Fsp3) is 0.667. The predicted octanol–water partition coefficient (Wildman–Crippen LogP) is 3.56. The molecular weight excluding hydrogens is 326 g/mol. The van der Waals surface area contributed by atoms with E-state index in [1.165, 1.54) is 48.8 Å². The van der Waals surface area contributed by atoms with E-state index in [-0.39, 0.29) is 6.23 Å². The highest BCUT2D eigenvalue weighted by atomic mass is 16.5. The molecule has 0 aliphatic carbocycles. The lowest BCUT2D eigenvalue weighted by molar-refractivity contribution is -0.0773. The number of fused-ring (bicyclic) bond motifs is 1. The van der Waals surface area contributed by atoms with Crippen molar-refractivity contribution in [3.63, 3.8) is 0 Å². The van der Waals surface area contributed by atoms with Gasteiger partial charge in [0, 0.05) is 18.5 Å². The molecule has 26 heavy (non-hydrogen) atoms. The number of aromatic nitrogens is 2.